The van der Waals surface area contributed by atoms with Crippen molar-refractivity contribution in [3.8, 4) is 5.75 Å². The maximum Gasteiger partial charge on any atom is 0.223 e. The van der Waals surface area contributed by atoms with Crippen molar-refractivity contribution in [3.05, 3.63) is 27.8 Å². The summed E-state index contributed by atoms with van der Waals surface area (Å²) >= 11 is 2.22. The SMILES string of the molecule is CCNC(=O)CCOc1cccc(I)c1. The van der Waals surface area contributed by atoms with E-state index in [2.05, 4.69) is 27.9 Å². The molecular weight excluding hydrogens is 305 g/mol. The Morgan fingerprint density at radius 3 is 3.00 bits per heavy atom. The predicted octanol–water partition coefficient (Wildman–Crippen LogP) is 2.20. The van der Waals surface area contributed by atoms with Gasteiger partial charge in [0.1, 0.15) is 5.75 Å². The van der Waals surface area contributed by atoms with Crippen LogP contribution in [0.15, 0.2) is 24.3 Å². The molecule has 15 heavy (non-hydrogen) atoms. The zero-order valence-electron chi connectivity index (χ0n) is 8.63. The van der Waals surface area contributed by atoms with Crippen molar-refractivity contribution in [2.75, 3.05) is 13.2 Å². The first kappa shape index (κ1) is 12.3. The van der Waals surface area contributed by atoms with Gasteiger partial charge in [-0.15, -0.1) is 0 Å². The fourth-order valence-electron chi connectivity index (χ4n) is 1.10. The molecule has 1 N–H and O–H groups in total. The maximum atomic E-state index is 11.1. The molecule has 3 nitrogen and oxygen atoms in total. The lowest BCUT2D eigenvalue weighted by Gasteiger charge is -2.06. The third-order valence-electron chi connectivity index (χ3n) is 1.77. The molecule has 0 heterocycles. The molecule has 1 rings (SSSR count). The molecule has 0 spiro atoms. The summed E-state index contributed by atoms with van der Waals surface area (Å²) in [5.41, 5.74) is 0. The number of carbonyl (C=O) groups excluding carboxylic acids is 1. The molecular formula is C11H14INO2. The molecule has 82 valence electrons. The average molecular weight is 319 g/mol. The third kappa shape index (κ3) is 5.01. The highest BCUT2D eigenvalue weighted by Crippen LogP contribution is 2.14. The van der Waals surface area contributed by atoms with Crippen LogP contribution in [0.4, 0.5) is 0 Å². The molecule has 0 saturated carbocycles. The standard InChI is InChI=1S/C11H14INO2/c1-2-13-11(14)6-7-15-10-5-3-4-9(12)8-10/h3-5,8H,2,6-7H2,1H3,(H,13,14). The number of rotatable bonds is 5. The Balaban J connectivity index is 2.28. The summed E-state index contributed by atoms with van der Waals surface area (Å²) in [5.74, 6) is 0.842. The maximum absolute atomic E-state index is 11.1. The van der Waals surface area contributed by atoms with E-state index in [0.29, 0.717) is 19.6 Å². The van der Waals surface area contributed by atoms with Crippen molar-refractivity contribution in [2.24, 2.45) is 0 Å². The number of hydrogen-bond donors (Lipinski definition) is 1. The molecule has 0 unspecified atom stereocenters. The first-order valence-corrected chi connectivity index (χ1v) is 5.95. The molecule has 0 aliphatic carbocycles. The van der Waals surface area contributed by atoms with Gasteiger partial charge in [-0.1, -0.05) is 6.07 Å². The normalized spacial score (nSPS) is 9.73. The minimum absolute atomic E-state index is 0.0307. The summed E-state index contributed by atoms with van der Waals surface area (Å²) < 4.78 is 6.57. The Morgan fingerprint density at radius 1 is 1.53 bits per heavy atom. The molecule has 0 aromatic heterocycles. The Morgan fingerprint density at radius 2 is 2.33 bits per heavy atom. The van der Waals surface area contributed by atoms with Crippen molar-refractivity contribution < 1.29 is 9.53 Å². The highest BCUT2D eigenvalue weighted by Gasteiger charge is 2.00. The largest absolute Gasteiger partial charge is 0.493 e. The Labute approximate surface area is 103 Å². The van der Waals surface area contributed by atoms with Gasteiger partial charge in [-0.2, -0.15) is 0 Å². The topological polar surface area (TPSA) is 38.3 Å². The van der Waals surface area contributed by atoms with Gasteiger partial charge in [-0.25, -0.2) is 0 Å². The van der Waals surface area contributed by atoms with E-state index >= 15 is 0 Å². The average Bonchev–Trinajstić information content (AvgIpc) is 2.18. The second kappa shape index (κ2) is 6.66. The predicted molar refractivity (Wildman–Crippen MR) is 68.0 cm³/mol. The lowest BCUT2D eigenvalue weighted by Crippen LogP contribution is -2.24. The van der Waals surface area contributed by atoms with Crippen molar-refractivity contribution >= 4 is 28.5 Å². The highest BCUT2D eigenvalue weighted by atomic mass is 127. The summed E-state index contributed by atoms with van der Waals surface area (Å²) in [6, 6.07) is 7.76. The number of hydrogen-bond acceptors (Lipinski definition) is 2. The van der Waals surface area contributed by atoms with Gasteiger partial charge >= 0.3 is 0 Å². The Kier molecular flexibility index (Phi) is 5.45. The molecule has 0 bridgehead atoms. The van der Waals surface area contributed by atoms with Crippen LogP contribution in [0.1, 0.15) is 13.3 Å². The van der Waals surface area contributed by atoms with Gasteiger partial charge in [0.25, 0.3) is 0 Å². The van der Waals surface area contributed by atoms with E-state index in [9.17, 15) is 4.79 Å². The van der Waals surface area contributed by atoms with E-state index in [1.165, 1.54) is 0 Å². The summed E-state index contributed by atoms with van der Waals surface area (Å²) in [4.78, 5) is 11.1. The van der Waals surface area contributed by atoms with Crippen LogP contribution < -0.4 is 10.1 Å². The Hall–Kier alpha value is -0.780. The van der Waals surface area contributed by atoms with Gasteiger partial charge in [0.05, 0.1) is 13.0 Å². The lowest BCUT2D eigenvalue weighted by molar-refractivity contribution is -0.121. The zero-order chi connectivity index (χ0) is 11.1. The van der Waals surface area contributed by atoms with E-state index < -0.39 is 0 Å². The van der Waals surface area contributed by atoms with Crippen LogP contribution in [0.2, 0.25) is 0 Å². The highest BCUT2D eigenvalue weighted by molar-refractivity contribution is 14.1. The van der Waals surface area contributed by atoms with Crippen LogP contribution in [0.3, 0.4) is 0 Å². The van der Waals surface area contributed by atoms with Gasteiger partial charge in [0.15, 0.2) is 0 Å². The number of halogens is 1. The van der Waals surface area contributed by atoms with Gasteiger partial charge in [-0.05, 0) is 47.7 Å². The molecule has 0 fully saturated rings. The summed E-state index contributed by atoms with van der Waals surface area (Å²) in [6.45, 7) is 2.99. The van der Waals surface area contributed by atoms with Crippen LogP contribution in [0, 0.1) is 3.57 Å². The number of ether oxygens (including phenoxy) is 1. The molecule has 0 aliphatic rings. The number of benzene rings is 1. The quantitative estimate of drug-likeness (QED) is 0.845. The van der Waals surface area contributed by atoms with Crippen LogP contribution >= 0.6 is 22.6 Å². The second-order valence-corrected chi connectivity index (χ2v) is 4.25. The fourth-order valence-corrected chi connectivity index (χ4v) is 1.62. The van der Waals surface area contributed by atoms with Crippen LogP contribution in [0.25, 0.3) is 0 Å². The monoisotopic (exact) mass is 319 g/mol. The van der Waals surface area contributed by atoms with E-state index in [-0.39, 0.29) is 5.91 Å². The molecule has 0 atom stereocenters. The van der Waals surface area contributed by atoms with Gasteiger partial charge in [0, 0.05) is 10.1 Å². The molecule has 4 heteroatoms. The van der Waals surface area contributed by atoms with Gasteiger partial charge in [0.2, 0.25) is 5.91 Å². The second-order valence-electron chi connectivity index (χ2n) is 3.01. The molecule has 0 aliphatic heterocycles. The Bertz CT molecular complexity index is 328. The van der Waals surface area contributed by atoms with Crippen LogP contribution in [-0.4, -0.2) is 19.1 Å². The summed E-state index contributed by atoms with van der Waals surface area (Å²) in [6.07, 6.45) is 0.402. The molecule has 1 amide bonds. The van der Waals surface area contributed by atoms with E-state index in [0.717, 1.165) is 9.32 Å². The van der Waals surface area contributed by atoms with Gasteiger partial charge in [-0.3, -0.25) is 4.79 Å². The lowest BCUT2D eigenvalue weighted by atomic mass is 10.3. The van der Waals surface area contributed by atoms with Crippen molar-refractivity contribution in [3.63, 3.8) is 0 Å². The first-order chi connectivity index (χ1) is 7.22. The minimum atomic E-state index is 0.0307. The van der Waals surface area contributed by atoms with Crippen LogP contribution in [0.5, 0.6) is 5.75 Å². The van der Waals surface area contributed by atoms with E-state index in [1.807, 2.05) is 31.2 Å². The summed E-state index contributed by atoms with van der Waals surface area (Å²) in [5, 5.41) is 2.72. The smallest absolute Gasteiger partial charge is 0.223 e. The van der Waals surface area contributed by atoms with Crippen LogP contribution in [-0.2, 0) is 4.79 Å². The molecule has 0 radical (unpaired) electrons. The number of nitrogens with one attached hydrogen (secondary N) is 1. The third-order valence-corrected chi connectivity index (χ3v) is 2.44. The van der Waals surface area contributed by atoms with Crippen molar-refractivity contribution in [1.82, 2.24) is 5.32 Å². The number of carbonyl (C=O) groups is 1. The molecule has 0 saturated heterocycles. The fraction of sp³-hybridized carbons (Fsp3) is 0.364. The van der Waals surface area contributed by atoms with E-state index in [4.69, 9.17) is 4.74 Å². The number of amides is 1. The van der Waals surface area contributed by atoms with Crippen molar-refractivity contribution in [2.45, 2.75) is 13.3 Å². The first-order valence-electron chi connectivity index (χ1n) is 4.87. The molecule has 1 aromatic carbocycles. The van der Waals surface area contributed by atoms with E-state index in [1.54, 1.807) is 0 Å². The summed E-state index contributed by atoms with van der Waals surface area (Å²) in [7, 11) is 0. The van der Waals surface area contributed by atoms with Crippen molar-refractivity contribution in [1.29, 1.82) is 0 Å². The molecule has 1 aromatic rings. The van der Waals surface area contributed by atoms with Gasteiger partial charge < -0.3 is 10.1 Å². The zero-order valence-corrected chi connectivity index (χ0v) is 10.8. The minimum Gasteiger partial charge on any atom is -0.493 e.